The monoisotopic (exact) mass is 193 g/mol. The van der Waals surface area contributed by atoms with Crippen LogP contribution in [-0.2, 0) is 7.05 Å². The van der Waals surface area contributed by atoms with Crippen molar-refractivity contribution in [3.8, 4) is 11.5 Å². The van der Waals surface area contributed by atoms with Crippen molar-refractivity contribution in [2.24, 2.45) is 7.05 Å². The van der Waals surface area contributed by atoms with Gasteiger partial charge in [-0.1, -0.05) is 0 Å². The normalized spacial score (nSPS) is 10.4. The van der Waals surface area contributed by atoms with Crippen molar-refractivity contribution in [3.05, 3.63) is 39.2 Å². The Bertz CT molecular complexity index is 550. The van der Waals surface area contributed by atoms with Crippen molar-refractivity contribution in [2.45, 2.75) is 0 Å². The zero-order valence-electron chi connectivity index (χ0n) is 7.35. The second-order valence-electron chi connectivity index (χ2n) is 2.71. The molecule has 2 aromatic heterocycles. The Morgan fingerprint density at radius 1 is 1.50 bits per heavy atom. The van der Waals surface area contributed by atoms with Crippen molar-refractivity contribution < 1.29 is 4.42 Å². The molecule has 0 bridgehead atoms. The predicted molar refractivity (Wildman–Crippen MR) is 47.8 cm³/mol. The molecule has 14 heavy (non-hydrogen) atoms. The number of furan rings is 1. The van der Waals surface area contributed by atoms with E-state index in [-0.39, 0.29) is 5.69 Å². The first-order valence-electron chi connectivity index (χ1n) is 3.90. The van der Waals surface area contributed by atoms with Gasteiger partial charge in [0.2, 0.25) is 0 Å². The molecule has 0 radical (unpaired) electrons. The van der Waals surface area contributed by atoms with Crippen LogP contribution in [0, 0.1) is 0 Å². The van der Waals surface area contributed by atoms with E-state index >= 15 is 0 Å². The highest BCUT2D eigenvalue weighted by atomic mass is 16.3. The lowest BCUT2D eigenvalue weighted by molar-refractivity contribution is 0.569. The first-order valence-corrected chi connectivity index (χ1v) is 3.90. The Labute approximate surface area is 77.8 Å². The molecule has 0 aromatic carbocycles. The molecule has 72 valence electrons. The Kier molecular flexibility index (Phi) is 1.81. The van der Waals surface area contributed by atoms with Gasteiger partial charge in [-0.25, -0.2) is 9.48 Å². The van der Waals surface area contributed by atoms with E-state index in [0.717, 1.165) is 4.68 Å². The van der Waals surface area contributed by atoms with Crippen LogP contribution in [0.2, 0.25) is 0 Å². The van der Waals surface area contributed by atoms with Gasteiger partial charge < -0.3 is 4.42 Å². The fourth-order valence-corrected chi connectivity index (χ4v) is 1.05. The average molecular weight is 193 g/mol. The van der Waals surface area contributed by atoms with Gasteiger partial charge in [0.15, 0.2) is 11.5 Å². The summed E-state index contributed by atoms with van der Waals surface area (Å²) < 4.78 is 6.04. The van der Waals surface area contributed by atoms with Crippen LogP contribution in [0.25, 0.3) is 11.5 Å². The smallest absolute Gasteiger partial charge is 0.344 e. The van der Waals surface area contributed by atoms with Crippen LogP contribution in [0.4, 0.5) is 0 Å². The molecule has 0 aliphatic carbocycles. The Morgan fingerprint density at radius 3 is 2.93 bits per heavy atom. The first-order chi connectivity index (χ1) is 6.68. The van der Waals surface area contributed by atoms with E-state index in [9.17, 15) is 9.59 Å². The molecule has 0 amide bonds. The van der Waals surface area contributed by atoms with Crippen LogP contribution in [0.5, 0.6) is 0 Å². The number of hydrogen-bond donors (Lipinski definition) is 1. The number of aromatic amines is 1. The maximum absolute atomic E-state index is 11.3. The SMILES string of the molecule is Cn1nc(-c2ccco2)c(=O)[nH]c1=O. The van der Waals surface area contributed by atoms with E-state index < -0.39 is 11.2 Å². The summed E-state index contributed by atoms with van der Waals surface area (Å²) in [5, 5.41) is 3.78. The van der Waals surface area contributed by atoms with Gasteiger partial charge in [-0.3, -0.25) is 9.78 Å². The zero-order valence-corrected chi connectivity index (χ0v) is 7.35. The summed E-state index contributed by atoms with van der Waals surface area (Å²) in [6.07, 6.45) is 1.43. The van der Waals surface area contributed by atoms with Crippen LogP contribution in [0.3, 0.4) is 0 Å². The Hall–Kier alpha value is -2.11. The Morgan fingerprint density at radius 2 is 2.29 bits per heavy atom. The van der Waals surface area contributed by atoms with Crippen LogP contribution >= 0.6 is 0 Å². The molecule has 0 fully saturated rings. The summed E-state index contributed by atoms with van der Waals surface area (Å²) in [4.78, 5) is 24.4. The standard InChI is InChI=1S/C8H7N3O3/c1-11-8(13)9-7(12)6(10-11)5-3-2-4-14-5/h2-4H,1H3,(H,9,12,13). The van der Waals surface area contributed by atoms with Crippen LogP contribution < -0.4 is 11.2 Å². The van der Waals surface area contributed by atoms with Crippen molar-refractivity contribution in [1.82, 2.24) is 14.8 Å². The molecule has 6 nitrogen and oxygen atoms in total. The van der Waals surface area contributed by atoms with Gasteiger partial charge in [-0.05, 0) is 12.1 Å². The molecular weight excluding hydrogens is 186 g/mol. The molecule has 0 aliphatic rings. The fourth-order valence-electron chi connectivity index (χ4n) is 1.05. The number of aromatic nitrogens is 3. The third kappa shape index (κ3) is 1.26. The molecule has 0 saturated carbocycles. The van der Waals surface area contributed by atoms with Crippen LogP contribution in [0.1, 0.15) is 0 Å². The van der Waals surface area contributed by atoms with Gasteiger partial charge in [0.05, 0.1) is 6.26 Å². The van der Waals surface area contributed by atoms with E-state index in [1.165, 1.54) is 13.3 Å². The molecule has 0 saturated heterocycles. The van der Waals surface area contributed by atoms with Crippen LogP contribution in [-0.4, -0.2) is 14.8 Å². The molecule has 2 aromatic rings. The quantitative estimate of drug-likeness (QED) is 0.675. The second-order valence-corrected chi connectivity index (χ2v) is 2.71. The highest BCUT2D eigenvalue weighted by molar-refractivity contribution is 5.48. The number of nitrogens with one attached hydrogen (secondary N) is 1. The number of aryl methyl sites for hydroxylation is 1. The predicted octanol–water partition coefficient (Wildman–Crippen LogP) is -0.271. The van der Waals surface area contributed by atoms with Gasteiger partial charge in [-0.15, -0.1) is 0 Å². The summed E-state index contributed by atoms with van der Waals surface area (Å²) in [6.45, 7) is 0. The van der Waals surface area contributed by atoms with Gasteiger partial charge in [0, 0.05) is 7.05 Å². The minimum Gasteiger partial charge on any atom is -0.462 e. The molecule has 6 heteroatoms. The maximum atomic E-state index is 11.3. The second kappa shape index (κ2) is 2.99. The van der Waals surface area contributed by atoms with Gasteiger partial charge in [-0.2, -0.15) is 5.10 Å². The van der Waals surface area contributed by atoms with E-state index in [0.29, 0.717) is 5.76 Å². The first kappa shape index (κ1) is 8.49. The topological polar surface area (TPSA) is 80.9 Å². The lowest BCUT2D eigenvalue weighted by Crippen LogP contribution is -2.31. The molecule has 2 heterocycles. The summed E-state index contributed by atoms with van der Waals surface area (Å²) in [7, 11) is 1.45. The lowest BCUT2D eigenvalue weighted by Gasteiger charge is -1.97. The third-order valence-corrected chi connectivity index (χ3v) is 1.73. The highest BCUT2D eigenvalue weighted by Gasteiger charge is 2.09. The fraction of sp³-hybridized carbons (Fsp3) is 0.125. The highest BCUT2D eigenvalue weighted by Crippen LogP contribution is 2.10. The van der Waals surface area contributed by atoms with Gasteiger partial charge in [0.25, 0.3) is 5.56 Å². The molecule has 0 spiro atoms. The van der Waals surface area contributed by atoms with E-state index in [1.807, 2.05) is 0 Å². The van der Waals surface area contributed by atoms with Crippen molar-refractivity contribution in [3.63, 3.8) is 0 Å². The Balaban J connectivity index is 2.72. The summed E-state index contributed by atoms with van der Waals surface area (Å²) in [6, 6.07) is 3.24. The largest absolute Gasteiger partial charge is 0.462 e. The average Bonchev–Trinajstić information content (AvgIpc) is 2.64. The molecule has 0 unspecified atom stereocenters. The van der Waals surface area contributed by atoms with Crippen LogP contribution in [0.15, 0.2) is 32.4 Å². The molecule has 0 aliphatic heterocycles. The molecule has 1 N–H and O–H groups in total. The van der Waals surface area contributed by atoms with Crippen molar-refractivity contribution in [1.29, 1.82) is 0 Å². The van der Waals surface area contributed by atoms with E-state index in [1.54, 1.807) is 12.1 Å². The van der Waals surface area contributed by atoms with Gasteiger partial charge in [0.1, 0.15) is 0 Å². The lowest BCUT2D eigenvalue weighted by atomic mass is 10.3. The maximum Gasteiger partial charge on any atom is 0.344 e. The summed E-state index contributed by atoms with van der Waals surface area (Å²) in [5.41, 5.74) is -1.01. The third-order valence-electron chi connectivity index (χ3n) is 1.73. The number of rotatable bonds is 1. The molecular formula is C8H7N3O3. The summed E-state index contributed by atoms with van der Waals surface area (Å²) in [5.74, 6) is 0.335. The minimum absolute atomic E-state index is 0.0945. The van der Waals surface area contributed by atoms with Crippen molar-refractivity contribution >= 4 is 0 Å². The minimum atomic E-state index is -0.553. The number of nitrogens with zero attached hydrogens (tertiary/aromatic N) is 2. The van der Waals surface area contributed by atoms with E-state index in [4.69, 9.17) is 4.42 Å². The number of hydrogen-bond acceptors (Lipinski definition) is 4. The number of H-pyrrole nitrogens is 1. The van der Waals surface area contributed by atoms with Crippen molar-refractivity contribution in [2.75, 3.05) is 0 Å². The summed E-state index contributed by atoms with van der Waals surface area (Å²) >= 11 is 0. The van der Waals surface area contributed by atoms with E-state index in [2.05, 4.69) is 10.1 Å². The molecule has 2 rings (SSSR count). The molecule has 0 atom stereocenters. The van der Waals surface area contributed by atoms with Gasteiger partial charge >= 0.3 is 5.69 Å². The zero-order chi connectivity index (χ0) is 10.1.